The first kappa shape index (κ1) is 19.8. The number of para-hydroxylation sites is 1. The van der Waals surface area contributed by atoms with Gasteiger partial charge in [0.15, 0.2) is 10.6 Å². The van der Waals surface area contributed by atoms with Crippen molar-refractivity contribution in [2.24, 2.45) is 0 Å². The van der Waals surface area contributed by atoms with Crippen LogP contribution < -0.4 is 3.89 Å². The number of nitrogens with zero attached hydrogens (tertiary/aromatic N) is 1. The summed E-state index contributed by atoms with van der Waals surface area (Å²) in [5.74, 6) is -0.532. The summed E-state index contributed by atoms with van der Waals surface area (Å²) in [5.41, 5.74) is 3.70. The number of ether oxygens (including phenoxy) is 1. The Hall–Kier alpha value is -1.45. The lowest BCUT2D eigenvalue weighted by Crippen LogP contribution is -2.43. The number of fused-ring (bicyclic) bond motifs is 2. The van der Waals surface area contributed by atoms with E-state index >= 15 is 0 Å². The highest BCUT2D eigenvalue weighted by Gasteiger charge is 2.54. The van der Waals surface area contributed by atoms with E-state index in [2.05, 4.69) is 37.9 Å². The minimum atomic E-state index is -1.42. The normalized spacial score (nSPS) is 26.0. The van der Waals surface area contributed by atoms with Gasteiger partial charge in [0.05, 0.1) is 29.7 Å². The van der Waals surface area contributed by atoms with Crippen molar-refractivity contribution < 1.29 is 14.6 Å². The van der Waals surface area contributed by atoms with Gasteiger partial charge in [-0.1, -0.05) is 42.5 Å². The Balaban J connectivity index is 1.90. The number of thiol groups is 4. The lowest BCUT2D eigenvalue weighted by atomic mass is 10.0. The van der Waals surface area contributed by atoms with Gasteiger partial charge in [0.25, 0.3) is 0 Å². The Kier molecular flexibility index (Phi) is 5.04. The molecule has 2 aromatic rings. The standard InChI is InChI=1S/C20H17NO3S4/c22-15(23)10-20(27)18(26)17(25)16-13-8-4-5-9-14(13)21(28,19(16)24-20)11-12-6-2-1-3-7-12/h1-9,28H,10-11H2,(H3-,22,23,25,26,27)/p+1. The van der Waals surface area contributed by atoms with E-state index < -0.39 is 10.9 Å². The second kappa shape index (κ2) is 7.11. The van der Waals surface area contributed by atoms with Crippen LogP contribution >= 0.6 is 50.7 Å². The van der Waals surface area contributed by atoms with Gasteiger partial charge in [0.2, 0.25) is 0 Å². The number of hydrogen-bond donors (Lipinski definition) is 5. The van der Waals surface area contributed by atoms with Gasteiger partial charge >= 0.3 is 11.9 Å². The molecule has 144 valence electrons. The van der Waals surface area contributed by atoms with E-state index in [-0.39, 0.29) is 10.3 Å². The second-order valence-corrected chi connectivity index (χ2v) is 9.06. The predicted octanol–water partition coefficient (Wildman–Crippen LogP) is 4.92. The molecule has 0 bridgehead atoms. The van der Waals surface area contributed by atoms with Crippen LogP contribution in [-0.2, 0) is 16.1 Å². The van der Waals surface area contributed by atoms with Crippen LogP contribution in [0.3, 0.4) is 0 Å². The fourth-order valence-corrected chi connectivity index (χ4v) is 5.15. The zero-order chi connectivity index (χ0) is 20.1. The number of carbonyl (C=O) groups is 1. The van der Waals surface area contributed by atoms with Crippen molar-refractivity contribution in [1.29, 1.82) is 0 Å². The summed E-state index contributed by atoms with van der Waals surface area (Å²) in [7, 11) is 0. The van der Waals surface area contributed by atoms with Gasteiger partial charge in [0, 0.05) is 16.5 Å². The molecule has 2 unspecified atom stereocenters. The molecule has 0 saturated heterocycles. The third-order valence-corrected chi connectivity index (χ3v) is 7.26. The SMILES string of the molecule is O=C(O)CC1(S)OC2=C(C(S)=C1S)c1ccccc1[N+]2(S)Cc1ccccc1. The van der Waals surface area contributed by atoms with E-state index in [4.69, 9.17) is 17.6 Å². The first-order valence-electron chi connectivity index (χ1n) is 8.52. The highest BCUT2D eigenvalue weighted by Crippen LogP contribution is 2.58. The summed E-state index contributed by atoms with van der Waals surface area (Å²) in [6.07, 6.45) is -0.356. The van der Waals surface area contributed by atoms with Gasteiger partial charge in [0.1, 0.15) is 12.1 Å². The van der Waals surface area contributed by atoms with Gasteiger partial charge in [-0.15, -0.1) is 37.9 Å². The van der Waals surface area contributed by atoms with Crippen molar-refractivity contribution >= 4 is 67.9 Å². The van der Waals surface area contributed by atoms with Crippen molar-refractivity contribution in [2.75, 3.05) is 0 Å². The Morgan fingerprint density at radius 2 is 1.71 bits per heavy atom. The van der Waals surface area contributed by atoms with E-state index in [0.717, 1.165) is 22.4 Å². The average molecular weight is 449 g/mol. The molecule has 0 aliphatic carbocycles. The summed E-state index contributed by atoms with van der Waals surface area (Å²) in [5, 5.41) is 9.36. The number of aliphatic carboxylic acids is 1. The van der Waals surface area contributed by atoms with E-state index in [1.807, 2.05) is 54.6 Å². The van der Waals surface area contributed by atoms with Gasteiger partial charge in [-0.05, 0) is 6.07 Å². The Bertz CT molecular complexity index is 1040. The first-order chi connectivity index (χ1) is 13.3. The summed E-state index contributed by atoms with van der Waals surface area (Å²) in [4.78, 5) is 10.9. The van der Waals surface area contributed by atoms with E-state index in [1.54, 1.807) is 0 Å². The van der Waals surface area contributed by atoms with Crippen molar-refractivity contribution in [1.82, 2.24) is 3.89 Å². The number of carboxylic acids is 1. The molecule has 2 atom stereocenters. The largest absolute Gasteiger partial charge is 0.481 e. The van der Waals surface area contributed by atoms with Crippen LogP contribution in [0.4, 0.5) is 5.69 Å². The molecule has 28 heavy (non-hydrogen) atoms. The molecule has 2 aliphatic rings. The summed E-state index contributed by atoms with van der Waals surface area (Å²) < 4.78 is 6.30. The monoisotopic (exact) mass is 448 g/mol. The molecule has 0 radical (unpaired) electrons. The zero-order valence-electron chi connectivity index (χ0n) is 14.6. The maximum Gasteiger partial charge on any atom is 0.319 e. The maximum atomic E-state index is 11.4. The number of benzene rings is 2. The van der Waals surface area contributed by atoms with E-state index in [0.29, 0.717) is 22.2 Å². The Morgan fingerprint density at radius 1 is 1.07 bits per heavy atom. The quantitative estimate of drug-likeness (QED) is 0.341. The van der Waals surface area contributed by atoms with Gasteiger partial charge < -0.3 is 9.84 Å². The highest BCUT2D eigenvalue weighted by molar-refractivity contribution is 7.91. The van der Waals surface area contributed by atoms with Crippen LogP contribution in [0, 0.1) is 0 Å². The molecule has 0 amide bonds. The van der Waals surface area contributed by atoms with Gasteiger partial charge in [-0.3, -0.25) is 4.79 Å². The highest BCUT2D eigenvalue weighted by atomic mass is 32.1. The van der Waals surface area contributed by atoms with Crippen LogP contribution in [0.5, 0.6) is 0 Å². The van der Waals surface area contributed by atoms with Gasteiger partial charge in [-0.25, -0.2) is 0 Å². The molecule has 0 aromatic heterocycles. The first-order valence-corrected chi connectivity index (χ1v) is 10.3. The number of hydrogen-bond acceptors (Lipinski definition) is 6. The lowest BCUT2D eigenvalue weighted by molar-refractivity contribution is -0.139. The summed E-state index contributed by atoms with van der Waals surface area (Å²) >= 11 is 18.8. The Morgan fingerprint density at radius 3 is 2.39 bits per heavy atom. The number of carboxylic acid groups (broad SMARTS) is 1. The van der Waals surface area contributed by atoms with E-state index in [1.165, 1.54) is 0 Å². The van der Waals surface area contributed by atoms with Crippen molar-refractivity contribution in [2.45, 2.75) is 17.9 Å². The minimum absolute atomic E-state index is 0.0581. The maximum absolute atomic E-state index is 11.4. The molecule has 8 heteroatoms. The van der Waals surface area contributed by atoms with Crippen molar-refractivity contribution in [3.05, 3.63) is 81.4 Å². The zero-order valence-corrected chi connectivity index (χ0v) is 18.2. The molecular weight excluding hydrogens is 430 g/mol. The van der Waals surface area contributed by atoms with Crippen LogP contribution in [0.25, 0.3) is 5.57 Å². The summed E-state index contributed by atoms with van der Waals surface area (Å²) in [6.45, 7) is 0.514. The third-order valence-electron chi connectivity index (χ3n) is 4.86. The fraction of sp³-hybridized carbons (Fsp3) is 0.150. The van der Waals surface area contributed by atoms with Crippen molar-refractivity contribution in [3.8, 4) is 0 Å². The lowest BCUT2D eigenvalue weighted by Gasteiger charge is -2.37. The average Bonchev–Trinajstić information content (AvgIpc) is 2.89. The molecule has 2 aromatic carbocycles. The minimum Gasteiger partial charge on any atom is -0.481 e. The molecular formula is C20H18NO3S4+. The number of rotatable bonds is 4. The van der Waals surface area contributed by atoms with Crippen LogP contribution in [-0.4, -0.2) is 16.0 Å². The molecule has 1 N–H and O–H groups in total. The van der Waals surface area contributed by atoms with E-state index in [9.17, 15) is 9.90 Å². The molecule has 2 aliphatic heterocycles. The second-order valence-electron chi connectivity index (χ2n) is 6.76. The molecule has 2 heterocycles. The Labute approximate surface area is 185 Å². The van der Waals surface area contributed by atoms with Crippen LogP contribution in [0.15, 0.2) is 70.3 Å². The molecule has 4 nitrogen and oxygen atoms in total. The fourth-order valence-electron chi connectivity index (χ4n) is 3.61. The molecule has 4 rings (SSSR count). The number of quaternary nitrogens is 1. The molecule has 0 fully saturated rings. The summed E-state index contributed by atoms with van der Waals surface area (Å²) in [6, 6.07) is 17.8. The smallest absolute Gasteiger partial charge is 0.319 e. The topological polar surface area (TPSA) is 46.5 Å². The number of allylic oxidation sites excluding steroid dienone is 1. The van der Waals surface area contributed by atoms with Crippen molar-refractivity contribution in [3.63, 3.8) is 0 Å². The van der Waals surface area contributed by atoms with Gasteiger partial charge in [-0.2, -0.15) is 3.89 Å². The van der Waals surface area contributed by atoms with Crippen LogP contribution in [0.2, 0.25) is 0 Å². The third kappa shape index (κ3) is 3.07. The predicted molar refractivity (Wildman–Crippen MR) is 124 cm³/mol. The van der Waals surface area contributed by atoms with Crippen LogP contribution in [0.1, 0.15) is 17.5 Å². The molecule has 0 spiro atoms. The molecule has 0 saturated carbocycles.